The molecule has 0 radical (unpaired) electrons. The summed E-state index contributed by atoms with van der Waals surface area (Å²) in [7, 11) is 0. The van der Waals surface area contributed by atoms with Gasteiger partial charge in [0.2, 0.25) is 5.17 Å². The maximum atomic E-state index is 10.0. The van der Waals surface area contributed by atoms with Crippen molar-refractivity contribution in [3.63, 3.8) is 0 Å². The lowest BCUT2D eigenvalue weighted by Gasteiger charge is -2.25. The number of aromatic hydroxyl groups is 1. The summed E-state index contributed by atoms with van der Waals surface area (Å²) in [5.41, 5.74) is 4.87. The number of aliphatic hydroxyl groups excluding tert-OH is 2. The molecule has 1 unspecified atom stereocenters. The lowest BCUT2D eigenvalue weighted by Crippen LogP contribution is -2.31. The van der Waals surface area contributed by atoms with Crippen LogP contribution in [0, 0.1) is 0 Å². The number of benzene rings is 2. The summed E-state index contributed by atoms with van der Waals surface area (Å²) < 4.78 is 2.18. The fourth-order valence-corrected chi connectivity index (χ4v) is 3.75. The van der Waals surface area contributed by atoms with Crippen molar-refractivity contribution in [2.45, 2.75) is 39.0 Å². The predicted octanol–water partition coefficient (Wildman–Crippen LogP) is 2.89. The number of rotatable bonds is 4. The molecule has 0 spiro atoms. The highest BCUT2D eigenvalue weighted by Gasteiger charge is 2.32. The van der Waals surface area contributed by atoms with E-state index in [0.717, 1.165) is 29.3 Å². The molecule has 1 aliphatic rings. The average Bonchev–Trinajstić information content (AvgIpc) is 2.61. The molecule has 1 atom stereocenters. The fraction of sp³-hybridized carbons (Fsp3) is 0.350. The van der Waals surface area contributed by atoms with E-state index in [9.17, 15) is 15.3 Å². The van der Waals surface area contributed by atoms with Gasteiger partial charge in [-0.1, -0.05) is 30.3 Å². The SMILES string of the molecule is CC(Cl)=[N+]1CCc2cc(CO)ccc2C1Cc1ccc(CO)c(O)c1. The summed E-state index contributed by atoms with van der Waals surface area (Å²) in [4.78, 5) is 0. The zero-order valence-electron chi connectivity index (χ0n) is 14.2. The minimum Gasteiger partial charge on any atom is -0.508 e. The highest BCUT2D eigenvalue weighted by Crippen LogP contribution is 2.32. The second kappa shape index (κ2) is 7.56. The minimum absolute atomic E-state index is 0.0405. The van der Waals surface area contributed by atoms with Crippen molar-refractivity contribution >= 4 is 16.8 Å². The molecular formula is C20H23ClNO3+. The summed E-state index contributed by atoms with van der Waals surface area (Å²) >= 11 is 6.34. The maximum Gasteiger partial charge on any atom is 0.242 e. The zero-order valence-corrected chi connectivity index (χ0v) is 15.0. The lowest BCUT2D eigenvalue weighted by atomic mass is 9.88. The molecule has 25 heavy (non-hydrogen) atoms. The number of hydrogen-bond acceptors (Lipinski definition) is 3. The van der Waals surface area contributed by atoms with Crippen LogP contribution in [0.15, 0.2) is 36.4 Å². The molecule has 0 aromatic heterocycles. The molecule has 0 amide bonds. The number of aliphatic hydroxyl groups is 2. The van der Waals surface area contributed by atoms with Crippen molar-refractivity contribution in [1.82, 2.24) is 0 Å². The van der Waals surface area contributed by atoms with Crippen molar-refractivity contribution in [3.8, 4) is 5.75 Å². The van der Waals surface area contributed by atoms with Gasteiger partial charge in [-0.3, -0.25) is 0 Å². The third kappa shape index (κ3) is 3.71. The van der Waals surface area contributed by atoms with Crippen LogP contribution in [-0.4, -0.2) is 31.6 Å². The molecule has 5 heteroatoms. The Morgan fingerprint density at radius 1 is 1.12 bits per heavy atom. The Balaban J connectivity index is 1.99. The van der Waals surface area contributed by atoms with E-state index in [-0.39, 0.29) is 25.0 Å². The van der Waals surface area contributed by atoms with Gasteiger partial charge >= 0.3 is 0 Å². The van der Waals surface area contributed by atoms with E-state index in [0.29, 0.717) is 12.0 Å². The topological polar surface area (TPSA) is 63.7 Å². The van der Waals surface area contributed by atoms with Crippen LogP contribution in [0.4, 0.5) is 0 Å². The molecule has 0 aliphatic carbocycles. The monoisotopic (exact) mass is 360 g/mol. The first-order chi connectivity index (χ1) is 12.0. The Bertz CT molecular complexity index is 813. The summed E-state index contributed by atoms with van der Waals surface area (Å²) in [6, 6.07) is 11.6. The van der Waals surface area contributed by atoms with E-state index in [1.165, 1.54) is 11.1 Å². The fourth-order valence-electron chi connectivity index (χ4n) is 3.55. The van der Waals surface area contributed by atoms with E-state index < -0.39 is 0 Å². The predicted molar refractivity (Wildman–Crippen MR) is 98.2 cm³/mol. The standard InChI is InChI=1S/C20H22ClNO3/c1-13(21)22-7-6-16-8-15(11-23)3-5-18(16)19(22)9-14-2-4-17(12-24)20(25)10-14/h2-5,8,10,19,23-24H,6-7,9,11-12H2,1H3/p+1. The lowest BCUT2D eigenvalue weighted by molar-refractivity contribution is -0.574. The van der Waals surface area contributed by atoms with Crippen molar-refractivity contribution < 1.29 is 19.9 Å². The molecule has 2 aromatic rings. The van der Waals surface area contributed by atoms with Crippen LogP contribution >= 0.6 is 11.6 Å². The number of fused-ring (bicyclic) bond motifs is 1. The Kier molecular flexibility index (Phi) is 5.42. The summed E-state index contributed by atoms with van der Waals surface area (Å²) in [6.45, 7) is 2.58. The van der Waals surface area contributed by atoms with Crippen LogP contribution in [0.3, 0.4) is 0 Å². The number of halogens is 1. The summed E-state index contributed by atoms with van der Waals surface area (Å²) in [6.07, 6.45) is 1.59. The summed E-state index contributed by atoms with van der Waals surface area (Å²) in [5.74, 6) is 0.116. The second-order valence-corrected chi connectivity index (χ2v) is 7.02. The quantitative estimate of drug-likeness (QED) is 0.735. The number of nitrogens with zero attached hydrogens (tertiary/aromatic N) is 1. The Labute approximate surface area is 152 Å². The molecule has 3 rings (SSSR count). The number of phenols is 1. The van der Waals surface area contributed by atoms with Crippen LogP contribution in [0.25, 0.3) is 0 Å². The van der Waals surface area contributed by atoms with Gasteiger partial charge in [0.25, 0.3) is 0 Å². The molecule has 0 bridgehead atoms. The molecule has 4 nitrogen and oxygen atoms in total. The third-order valence-electron chi connectivity index (χ3n) is 4.89. The van der Waals surface area contributed by atoms with Gasteiger partial charge < -0.3 is 15.3 Å². The van der Waals surface area contributed by atoms with Crippen molar-refractivity contribution in [1.29, 1.82) is 0 Å². The van der Waals surface area contributed by atoms with Gasteiger partial charge in [0.15, 0.2) is 6.04 Å². The highest BCUT2D eigenvalue weighted by atomic mass is 35.5. The van der Waals surface area contributed by atoms with Crippen LogP contribution in [0.1, 0.15) is 40.8 Å². The van der Waals surface area contributed by atoms with Crippen molar-refractivity contribution in [3.05, 3.63) is 64.2 Å². The largest absolute Gasteiger partial charge is 0.508 e. The van der Waals surface area contributed by atoms with Crippen LogP contribution in [0.5, 0.6) is 5.75 Å². The minimum atomic E-state index is -0.178. The van der Waals surface area contributed by atoms with Crippen LogP contribution < -0.4 is 0 Å². The van der Waals surface area contributed by atoms with E-state index in [1.807, 2.05) is 19.1 Å². The summed E-state index contributed by atoms with van der Waals surface area (Å²) in [5, 5.41) is 29.4. The van der Waals surface area contributed by atoms with Gasteiger partial charge in [-0.25, -0.2) is 4.58 Å². The smallest absolute Gasteiger partial charge is 0.242 e. The highest BCUT2D eigenvalue weighted by molar-refractivity contribution is 6.63. The molecule has 0 saturated carbocycles. The van der Waals surface area contributed by atoms with Gasteiger partial charge in [-0.15, -0.1) is 0 Å². The van der Waals surface area contributed by atoms with Crippen molar-refractivity contribution in [2.24, 2.45) is 0 Å². The first kappa shape index (κ1) is 17.9. The Hall–Kier alpha value is -1.88. The molecule has 3 N–H and O–H groups in total. The van der Waals surface area contributed by atoms with Gasteiger partial charge in [0.05, 0.1) is 13.2 Å². The van der Waals surface area contributed by atoms with E-state index in [2.05, 4.69) is 16.7 Å². The van der Waals surface area contributed by atoms with E-state index in [4.69, 9.17) is 11.6 Å². The molecule has 0 fully saturated rings. The zero-order chi connectivity index (χ0) is 18.0. The van der Waals surface area contributed by atoms with E-state index >= 15 is 0 Å². The maximum absolute atomic E-state index is 10.0. The van der Waals surface area contributed by atoms with Crippen LogP contribution in [0.2, 0.25) is 0 Å². The first-order valence-electron chi connectivity index (χ1n) is 8.43. The van der Waals surface area contributed by atoms with Gasteiger partial charge in [0.1, 0.15) is 12.3 Å². The molecular weight excluding hydrogens is 338 g/mol. The van der Waals surface area contributed by atoms with Gasteiger partial charge in [-0.05, 0) is 34.4 Å². The molecule has 1 heterocycles. The normalized spacial score (nSPS) is 18.8. The van der Waals surface area contributed by atoms with Crippen LogP contribution in [-0.2, 0) is 26.1 Å². The van der Waals surface area contributed by atoms with E-state index in [1.54, 1.807) is 12.1 Å². The van der Waals surface area contributed by atoms with Crippen molar-refractivity contribution in [2.75, 3.05) is 6.54 Å². The third-order valence-corrected chi connectivity index (χ3v) is 5.11. The molecule has 0 saturated heterocycles. The van der Waals surface area contributed by atoms with Gasteiger partial charge in [-0.2, -0.15) is 0 Å². The molecule has 2 aromatic carbocycles. The Morgan fingerprint density at radius 2 is 1.88 bits per heavy atom. The first-order valence-corrected chi connectivity index (χ1v) is 8.81. The number of hydrogen-bond donors (Lipinski definition) is 3. The second-order valence-electron chi connectivity index (χ2n) is 6.47. The Morgan fingerprint density at radius 3 is 2.52 bits per heavy atom. The molecule has 1 aliphatic heterocycles. The molecule has 132 valence electrons. The van der Waals surface area contributed by atoms with Gasteiger partial charge in [0, 0.05) is 30.9 Å². The average molecular weight is 361 g/mol.